The monoisotopic (exact) mass is 303 g/mol. The van der Waals surface area contributed by atoms with Crippen molar-refractivity contribution in [3.05, 3.63) is 59.3 Å². The smallest absolute Gasteiger partial charge is 0.338 e. The molecule has 1 fully saturated rings. The summed E-state index contributed by atoms with van der Waals surface area (Å²) in [7, 11) is 0. The van der Waals surface area contributed by atoms with Crippen LogP contribution in [0.25, 0.3) is 0 Å². The molecule has 1 aliphatic rings. The molecule has 0 saturated carbocycles. The normalized spacial score (nSPS) is 16.8. The van der Waals surface area contributed by atoms with Crippen molar-refractivity contribution in [2.24, 2.45) is 0 Å². The lowest BCUT2D eigenvalue weighted by Crippen LogP contribution is -2.32. The molecule has 1 N–H and O–H groups in total. The zero-order valence-corrected chi connectivity index (χ0v) is 12.2. The van der Waals surface area contributed by atoms with Crippen molar-refractivity contribution in [2.75, 3.05) is 13.1 Å². The molecule has 3 rings (SSSR count). The molecule has 2 heterocycles. The van der Waals surface area contributed by atoms with E-state index in [1.54, 1.807) is 12.3 Å². The number of hydrogen-bond donors (Lipinski definition) is 1. The van der Waals surface area contributed by atoms with E-state index in [1.807, 2.05) is 12.1 Å². The summed E-state index contributed by atoms with van der Waals surface area (Å²) in [5.74, 6) is -0.410. The molecule has 1 aromatic heterocycles. The van der Waals surface area contributed by atoms with Gasteiger partial charge in [-0.25, -0.2) is 9.18 Å². The Morgan fingerprint density at radius 3 is 2.68 bits per heavy atom. The van der Waals surface area contributed by atoms with Crippen LogP contribution >= 0.6 is 0 Å². The molecule has 1 aliphatic heterocycles. The third-order valence-corrected chi connectivity index (χ3v) is 4.20. The molecule has 5 heteroatoms. The standard InChI is InChI=1S/C17H18FNO3/c18-15-10-12(3-4-14(15)17(20)21)11-19-7-5-13(6-8-19)16-2-1-9-22-16/h1-4,9-10,13H,5-8,11H2,(H,20,21). The number of carboxylic acids is 1. The molecule has 4 nitrogen and oxygen atoms in total. The van der Waals surface area contributed by atoms with Crippen LogP contribution in [0.3, 0.4) is 0 Å². The summed E-state index contributed by atoms with van der Waals surface area (Å²) in [6, 6.07) is 8.27. The number of halogens is 1. The average Bonchev–Trinajstić information content (AvgIpc) is 3.02. The highest BCUT2D eigenvalue weighted by Crippen LogP contribution is 2.28. The van der Waals surface area contributed by atoms with Crippen LogP contribution in [0.4, 0.5) is 4.39 Å². The number of rotatable bonds is 4. The van der Waals surface area contributed by atoms with Crippen molar-refractivity contribution in [3.8, 4) is 0 Å². The second kappa shape index (κ2) is 6.32. The molecule has 0 amide bonds. The van der Waals surface area contributed by atoms with Crippen LogP contribution in [0.15, 0.2) is 41.0 Å². The number of benzene rings is 1. The Hall–Kier alpha value is -2.14. The molecule has 22 heavy (non-hydrogen) atoms. The number of carbonyl (C=O) groups is 1. The van der Waals surface area contributed by atoms with Crippen LogP contribution < -0.4 is 0 Å². The highest BCUT2D eigenvalue weighted by molar-refractivity contribution is 5.87. The van der Waals surface area contributed by atoms with Gasteiger partial charge in [-0.2, -0.15) is 0 Å². The van der Waals surface area contributed by atoms with E-state index in [-0.39, 0.29) is 5.56 Å². The maximum atomic E-state index is 13.7. The largest absolute Gasteiger partial charge is 0.478 e. The number of likely N-dealkylation sites (tertiary alicyclic amines) is 1. The number of furan rings is 1. The van der Waals surface area contributed by atoms with Gasteiger partial charge in [-0.3, -0.25) is 4.90 Å². The minimum atomic E-state index is -1.23. The Kier molecular flexibility index (Phi) is 4.24. The molecule has 0 unspecified atom stereocenters. The lowest BCUT2D eigenvalue weighted by molar-refractivity contribution is 0.0692. The van der Waals surface area contributed by atoms with E-state index >= 15 is 0 Å². The molecular weight excluding hydrogens is 285 g/mol. The molecule has 0 radical (unpaired) electrons. The highest BCUT2D eigenvalue weighted by atomic mass is 19.1. The predicted octanol–water partition coefficient (Wildman–Crippen LogP) is 3.50. The van der Waals surface area contributed by atoms with Gasteiger partial charge in [0.15, 0.2) is 0 Å². The second-order valence-corrected chi connectivity index (χ2v) is 5.69. The fourth-order valence-electron chi connectivity index (χ4n) is 2.99. The maximum Gasteiger partial charge on any atom is 0.338 e. The van der Waals surface area contributed by atoms with E-state index in [1.165, 1.54) is 12.1 Å². The Morgan fingerprint density at radius 1 is 1.32 bits per heavy atom. The van der Waals surface area contributed by atoms with Gasteiger partial charge in [0.25, 0.3) is 0 Å². The summed E-state index contributed by atoms with van der Waals surface area (Å²) < 4.78 is 19.1. The molecule has 116 valence electrons. The van der Waals surface area contributed by atoms with Crippen LogP contribution in [0, 0.1) is 5.82 Å². The molecule has 0 spiro atoms. The van der Waals surface area contributed by atoms with Crippen LogP contribution in [-0.2, 0) is 6.54 Å². The van der Waals surface area contributed by atoms with E-state index in [0.29, 0.717) is 12.5 Å². The van der Waals surface area contributed by atoms with Gasteiger partial charge >= 0.3 is 5.97 Å². The first-order chi connectivity index (χ1) is 10.6. The molecular formula is C17H18FNO3. The van der Waals surface area contributed by atoms with Gasteiger partial charge in [0, 0.05) is 12.5 Å². The first kappa shape index (κ1) is 14.8. The molecule has 0 bridgehead atoms. The lowest BCUT2D eigenvalue weighted by Gasteiger charge is -2.31. The Morgan fingerprint density at radius 2 is 2.09 bits per heavy atom. The van der Waals surface area contributed by atoms with Gasteiger partial charge < -0.3 is 9.52 Å². The van der Waals surface area contributed by atoms with Crippen molar-refractivity contribution >= 4 is 5.97 Å². The van der Waals surface area contributed by atoms with Crippen LogP contribution in [0.1, 0.15) is 40.4 Å². The van der Waals surface area contributed by atoms with Gasteiger partial charge in [-0.15, -0.1) is 0 Å². The minimum absolute atomic E-state index is 0.278. The quantitative estimate of drug-likeness (QED) is 0.939. The number of carboxylic acid groups (broad SMARTS) is 1. The zero-order chi connectivity index (χ0) is 15.5. The minimum Gasteiger partial charge on any atom is -0.478 e. The second-order valence-electron chi connectivity index (χ2n) is 5.69. The summed E-state index contributed by atoms with van der Waals surface area (Å²) in [5, 5.41) is 8.84. The molecule has 2 aromatic rings. The molecule has 1 saturated heterocycles. The van der Waals surface area contributed by atoms with Crippen molar-refractivity contribution in [1.82, 2.24) is 4.90 Å². The summed E-state index contributed by atoms with van der Waals surface area (Å²) in [5.41, 5.74) is 0.527. The zero-order valence-electron chi connectivity index (χ0n) is 12.2. The fraction of sp³-hybridized carbons (Fsp3) is 0.353. The van der Waals surface area contributed by atoms with Crippen LogP contribution in [0.5, 0.6) is 0 Å². The highest BCUT2D eigenvalue weighted by Gasteiger charge is 2.22. The number of nitrogens with zero attached hydrogens (tertiary/aromatic N) is 1. The summed E-state index contributed by atoms with van der Waals surface area (Å²) in [6.07, 6.45) is 3.74. The van der Waals surface area contributed by atoms with Gasteiger partial charge in [0.05, 0.1) is 11.8 Å². The van der Waals surface area contributed by atoms with Crippen molar-refractivity contribution in [2.45, 2.75) is 25.3 Å². The molecule has 1 aromatic carbocycles. The summed E-state index contributed by atoms with van der Waals surface area (Å²) >= 11 is 0. The van der Waals surface area contributed by atoms with E-state index in [2.05, 4.69) is 4.90 Å². The first-order valence-electron chi connectivity index (χ1n) is 7.41. The van der Waals surface area contributed by atoms with Crippen molar-refractivity contribution < 1.29 is 18.7 Å². The Balaban J connectivity index is 1.59. The van der Waals surface area contributed by atoms with Gasteiger partial charge in [0.2, 0.25) is 0 Å². The molecule has 0 aliphatic carbocycles. The summed E-state index contributed by atoms with van der Waals surface area (Å²) in [6.45, 7) is 2.49. The first-order valence-corrected chi connectivity index (χ1v) is 7.41. The summed E-state index contributed by atoms with van der Waals surface area (Å²) in [4.78, 5) is 13.1. The molecule has 0 atom stereocenters. The third kappa shape index (κ3) is 3.20. The average molecular weight is 303 g/mol. The fourth-order valence-corrected chi connectivity index (χ4v) is 2.99. The van der Waals surface area contributed by atoms with Gasteiger partial charge in [0.1, 0.15) is 11.6 Å². The van der Waals surface area contributed by atoms with E-state index in [9.17, 15) is 9.18 Å². The topological polar surface area (TPSA) is 53.7 Å². The Labute approximate surface area is 128 Å². The van der Waals surface area contributed by atoms with Gasteiger partial charge in [-0.05, 0) is 55.8 Å². The number of piperidine rings is 1. The Bertz CT molecular complexity index is 646. The lowest BCUT2D eigenvalue weighted by atomic mass is 9.94. The van der Waals surface area contributed by atoms with E-state index in [4.69, 9.17) is 9.52 Å². The van der Waals surface area contributed by atoms with E-state index in [0.717, 1.165) is 37.3 Å². The van der Waals surface area contributed by atoms with Crippen LogP contribution in [-0.4, -0.2) is 29.1 Å². The van der Waals surface area contributed by atoms with Crippen LogP contribution in [0.2, 0.25) is 0 Å². The van der Waals surface area contributed by atoms with E-state index < -0.39 is 11.8 Å². The van der Waals surface area contributed by atoms with Gasteiger partial charge in [-0.1, -0.05) is 6.07 Å². The maximum absolute atomic E-state index is 13.7. The van der Waals surface area contributed by atoms with Crippen molar-refractivity contribution in [3.63, 3.8) is 0 Å². The predicted molar refractivity (Wildman–Crippen MR) is 79.3 cm³/mol. The SMILES string of the molecule is O=C(O)c1ccc(CN2CCC(c3ccco3)CC2)cc1F. The third-order valence-electron chi connectivity index (χ3n) is 4.20. The van der Waals surface area contributed by atoms with Crippen molar-refractivity contribution in [1.29, 1.82) is 0 Å². The number of aromatic carboxylic acids is 1. The number of hydrogen-bond acceptors (Lipinski definition) is 3.